The first-order chi connectivity index (χ1) is 13.6. The molecular formula is C20H21FO8. The molecule has 1 aliphatic rings. The highest BCUT2D eigenvalue weighted by molar-refractivity contribution is 5.90. The van der Waals surface area contributed by atoms with Crippen LogP contribution in [0, 0.1) is 5.82 Å². The van der Waals surface area contributed by atoms with Crippen LogP contribution in [0.2, 0.25) is 0 Å². The molecule has 0 fully saturated rings. The molecule has 0 spiro atoms. The Bertz CT molecular complexity index is 845. The van der Waals surface area contributed by atoms with Crippen molar-refractivity contribution in [2.75, 3.05) is 7.11 Å². The van der Waals surface area contributed by atoms with E-state index in [1.54, 1.807) is 0 Å². The predicted molar refractivity (Wildman–Crippen MR) is 96.6 cm³/mol. The van der Waals surface area contributed by atoms with Crippen LogP contribution in [0.15, 0.2) is 30.3 Å². The summed E-state index contributed by atoms with van der Waals surface area (Å²) >= 11 is 0. The Balaban J connectivity index is 2.71. The third-order valence-electron chi connectivity index (χ3n) is 4.18. The lowest BCUT2D eigenvalue weighted by Crippen LogP contribution is -2.52. The number of benzene rings is 1. The topological polar surface area (TPSA) is 105 Å². The monoisotopic (exact) mass is 408 g/mol. The van der Waals surface area contributed by atoms with Crippen LogP contribution in [0.3, 0.4) is 0 Å². The average Bonchev–Trinajstić information content (AvgIpc) is 2.62. The van der Waals surface area contributed by atoms with Crippen LogP contribution in [0.25, 0.3) is 5.57 Å². The Hall–Kier alpha value is -3.23. The number of hydrogen-bond donors (Lipinski definition) is 0. The van der Waals surface area contributed by atoms with Gasteiger partial charge in [0, 0.05) is 32.8 Å². The zero-order valence-corrected chi connectivity index (χ0v) is 16.4. The van der Waals surface area contributed by atoms with Crippen LogP contribution in [-0.4, -0.2) is 48.8 Å². The molecule has 0 aromatic heterocycles. The summed E-state index contributed by atoms with van der Waals surface area (Å²) in [4.78, 5) is 47.6. The van der Waals surface area contributed by atoms with E-state index in [1.807, 2.05) is 0 Å². The molecule has 0 radical (unpaired) electrons. The van der Waals surface area contributed by atoms with Crippen LogP contribution in [-0.2, 0) is 38.1 Å². The number of methoxy groups -OCH3 is 1. The van der Waals surface area contributed by atoms with E-state index in [-0.39, 0.29) is 12.0 Å². The van der Waals surface area contributed by atoms with Gasteiger partial charge in [0.05, 0.1) is 7.11 Å². The van der Waals surface area contributed by atoms with Gasteiger partial charge in [-0.15, -0.1) is 0 Å². The Morgan fingerprint density at radius 2 is 1.55 bits per heavy atom. The summed E-state index contributed by atoms with van der Waals surface area (Å²) in [5.41, 5.74) is -1.36. The molecule has 9 heteroatoms. The number of hydrogen-bond acceptors (Lipinski definition) is 8. The quantitative estimate of drug-likeness (QED) is 0.538. The fourth-order valence-corrected chi connectivity index (χ4v) is 3.21. The lowest BCUT2D eigenvalue weighted by atomic mass is 9.79. The van der Waals surface area contributed by atoms with E-state index in [0.29, 0.717) is 5.56 Å². The average molecular weight is 408 g/mol. The van der Waals surface area contributed by atoms with Gasteiger partial charge in [-0.3, -0.25) is 14.4 Å². The lowest BCUT2D eigenvalue weighted by Gasteiger charge is -2.39. The number of carbonyl (C=O) groups is 4. The lowest BCUT2D eigenvalue weighted by molar-refractivity contribution is -0.184. The molecule has 0 saturated heterocycles. The molecule has 29 heavy (non-hydrogen) atoms. The van der Waals surface area contributed by atoms with E-state index in [1.165, 1.54) is 37.3 Å². The molecule has 0 unspecified atom stereocenters. The molecule has 1 aliphatic carbocycles. The Labute approximate surface area is 166 Å². The van der Waals surface area contributed by atoms with Crippen LogP contribution in [0.4, 0.5) is 4.39 Å². The molecule has 2 rings (SSSR count). The molecule has 8 nitrogen and oxygen atoms in total. The van der Waals surface area contributed by atoms with Crippen molar-refractivity contribution in [2.24, 2.45) is 0 Å². The van der Waals surface area contributed by atoms with Crippen LogP contribution in [0.5, 0.6) is 0 Å². The molecular weight excluding hydrogens is 387 g/mol. The fourth-order valence-electron chi connectivity index (χ4n) is 3.21. The number of ether oxygens (including phenoxy) is 4. The van der Waals surface area contributed by atoms with E-state index >= 15 is 0 Å². The highest BCUT2D eigenvalue weighted by Gasteiger charge is 2.52. The SMILES string of the molecule is COC(=O)[C@]1(OC(C)=O)C=C(c2ccc(F)cc2)[C@@H](OC(C)=O)[C@H](OC(C)=O)C1. The predicted octanol–water partition coefficient (Wildman–Crippen LogP) is 1.95. The summed E-state index contributed by atoms with van der Waals surface area (Å²) in [6, 6.07) is 5.12. The third-order valence-corrected chi connectivity index (χ3v) is 4.18. The van der Waals surface area contributed by atoms with E-state index < -0.39 is 47.5 Å². The summed E-state index contributed by atoms with van der Waals surface area (Å²) in [5.74, 6) is -3.57. The largest absolute Gasteiger partial charge is 0.466 e. The van der Waals surface area contributed by atoms with Crippen molar-refractivity contribution in [3.8, 4) is 0 Å². The minimum Gasteiger partial charge on any atom is -0.466 e. The molecule has 1 aromatic rings. The van der Waals surface area contributed by atoms with Crippen LogP contribution >= 0.6 is 0 Å². The minimum absolute atomic E-state index is 0.198. The number of esters is 4. The number of rotatable bonds is 5. The smallest absolute Gasteiger partial charge is 0.354 e. The van der Waals surface area contributed by atoms with Crippen molar-refractivity contribution in [3.63, 3.8) is 0 Å². The maximum absolute atomic E-state index is 13.4. The third kappa shape index (κ3) is 5.18. The molecule has 0 N–H and O–H groups in total. The molecule has 1 aromatic carbocycles. The maximum Gasteiger partial charge on any atom is 0.354 e. The van der Waals surface area contributed by atoms with E-state index in [0.717, 1.165) is 21.0 Å². The van der Waals surface area contributed by atoms with E-state index in [2.05, 4.69) is 0 Å². The van der Waals surface area contributed by atoms with Crippen molar-refractivity contribution in [1.82, 2.24) is 0 Å². The molecule has 0 saturated carbocycles. The summed E-state index contributed by atoms with van der Waals surface area (Å²) in [7, 11) is 1.11. The van der Waals surface area contributed by atoms with Crippen LogP contribution in [0.1, 0.15) is 32.8 Å². The van der Waals surface area contributed by atoms with Gasteiger partial charge in [0.1, 0.15) is 11.9 Å². The van der Waals surface area contributed by atoms with Crippen molar-refractivity contribution >= 4 is 29.5 Å². The first-order valence-electron chi connectivity index (χ1n) is 8.69. The van der Waals surface area contributed by atoms with Gasteiger partial charge in [-0.05, 0) is 23.8 Å². The van der Waals surface area contributed by atoms with E-state index in [9.17, 15) is 23.6 Å². The fraction of sp³-hybridized carbons (Fsp3) is 0.400. The molecule has 0 aliphatic heterocycles. The summed E-state index contributed by atoms with van der Waals surface area (Å²) in [6.07, 6.45) is -1.34. The Morgan fingerprint density at radius 3 is 2.03 bits per heavy atom. The van der Waals surface area contributed by atoms with E-state index in [4.69, 9.17) is 18.9 Å². The summed E-state index contributed by atoms with van der Waals surface area (Å²) in [5, 5.41) is 0. The van der Waals surface area contributed by atoms with Gasteiger partial charge in [-0.1, -0.05) is 12.1 Å². The van der Waals surface area contributed by atoms with Gasteiger partial charge in [0.25, 0.3) is 0 Å². The van der Waals surface area contributed by atoms with Gasteiger partial charge < -0.3 is 18.9 Å². The number of halogens is 1. The first kappa shape index (κ1) is 22.1. The van der Waals surface area contributed by atoms with Gasteiger partial charge >= 0.3 is 23.9 Å². The van der Waals surface area contributed by atoms with Crippen LogP contribution < -0.4 is 0 Å². The van der Waals surface area contributed by atoms with Gasteiger partial charge in [0.15, 0.2) is 6.10 Å². The van der Waals surface area contributed by atoms with Gasteiger partial charge in [0.2, 0.25) is 5.60 Å². The standard InChI is InChI=1S/C20H21FO8/c1-11(22)27-17-10-20(19(25)26-4,29-13(3)24)9-16(18(17)28-12(2)23)14-5-7-15(21)8-6-14/h5-9,17-18H,10H2,1-4H3/t17-,18-,20+/m1/s1. The van der Waals surface area contributed by atoms with Gasteiger partial charge in [-0.25, -0.2) is 9.18 Å². The molecule has 0 amide bonds. The maximum atomic E-state index is 13.4. The van der Waals surface area contributed by atoms with Crippen molar-refractivity contribution in [1.29, 1.82) is 0 Å². The molecule has 156 valence electrons. The molecule has 3 atom stereocenters. The Morgan fingerprint density at radius 1 is 0.966 bits per heavy atom. The second-order valence-electron chi connectivity index (χ2n) is 6.46. The van der Waals surface area contributed by atoms with Crippen molar-refractivity contribution in [2.45, 2.75) is 45.0 Å². The first-order valence-corrected chi connectivity index (χ1v) is 8.69. The van der Waals surface area contributed by atoms with Gasteiger partial charge in [-0.2, -0.15) is 0 Å². The van der Waals surface area contributed by atoms with Crippen molar-refractivity contribution < 1.29 is 42.5 Å². The number of carbonyl (C=O) groups excluding carboxylic acids is 4. The summed E-state index contributed by atoms with van der Waals surface area (Å²) in [6.45, 7) is 3.42. The molecule has 0 heterocycles. The highest BCUT2D eigenvalue weighted by Crippen LogP contribution is 2.39. The normalized spacial score (nSPS) is 23.4. The molecule has 0 bridgehead atoms. The second kappa shape index (κ2) is 8.85. The second-order valence-corrected chi connectivity index (χ2v) is 6.46. The zero-order chi connectivity index (χ0) is 21.8. The minimum atomic E-state index is -1.93. The Kier molecular flexibility index (Phi) is 6.73. The highest BCUT2D eigenvalue weighted by atomic mass is 19.1. The van der Waals surface area contributed by atoms with Crippen molar-refractivity contribution in [3.05, 3.63) is 41.7 Å². The zero-order valence-electron chi connectivity index (χ0n) is 16.4. The summed E-state index contributed by atoms with van der Waals surface area (Å²) < 4.78 is 34.1.